The molecule has 0 aromatic heterocycles. The number of carbonyl (C=O) groups is 2. The van der Waals surface area contributed by atoms with Crippen molar-refractivity contribution in [2.24, 2.45) is 0 Å². The van der Waals surface area contributed by atoms with Crippen molar-refractivity contribution in [2.45, 2.75) is 45.3 Å². The summed E-state index contributed by atoms with van der Waals surface area (Å²) in [6.45, 7) is 10.4. The van der Waals surface area contributed by atoms with Gasteiger partial charge in [0.25, 0.3) is 0 Å². The van der Waals surface area contributed by atoms with E-state index in [2.05, 4.69) is 13.2 Å². The first-order valence-electron chi connectivity index (χ1n) is 6.65. The zero-order valence-corrected chi connectivity index (χ0v) is 12.3. The summed E-state index contributed by atoms with van der Waals surface area (Å²) in [4.78, 5) is 22.0. The van der Waals surface area contributed by atoms with Crippen LogP contribution in [0.15, 0.2) is 25.3 Å². The average Bonchev–Trinajstić information content (AvgIpc) is 2.36. The van der Waals surface area contributed by atoms with Gasteiger partial charge >= 0.3 is 11.9 Å². The van der Waals surface area contributed by atoms with Crippen LogP contribution in [0.1, 0.15) is 33.1 Å². The van der Waals surface area contributed by atoms with Gasteiger partial charge in [-0.3, -0.25) is 9.59 Å². The Kier molecular flexibility index (Phi) is 10.3. The van der Waals surface area contributed by atoms with Crippen LogP contribution in [-0.4, -0.2) is 37.4 Å². The van der Waals surface area contributed by atoms with Crippen molar-refractivity contribution in [1.29, 1.82) is 0 Å². The maximum atomic E-state index is 11.1. The molecule has 0 bridgehead atoms. The van der Waals surface area contributed by atoms with E-state index in [1.54, 1.807) is 12.2 Å². The van der Waals surface area contributed by atoms with Crippen molar-refractivity contribution >= 4 is 11.9 Å². The lowest BCUT2D eigenvalue weighted by molar-refractivity contribution is -0.162. The summed E-state index contributed by atoms with van der Waals surface area (Å²) in [6.07, 6.45) is 4.52. The third kappa shape index (κ3) is 9.33. The molecule has 0 radical (unpaired) electrons. The lowest BCUT2D eigenvalue weighted by Crippen LogP contribution is -2.37. The molecule has 0 saturated carbocycles. The van der Waals surface area contributed by atoms with E-state index >= 15 is 0 Å². The number of carbonyl (C=O) groups excluding carboxylic acids is 2. The summed E-state index contributed by atoms with van der Waals surface area (Å²) >= 11 is 0. The number of ether oxygens (including phenoxy) is 3. The van der Waals surface area contributed by atoms with E-state index in [4.69, 9.17) is 14.2 Å². The van der Waals surface area contributed by atoms with Gasteiger partial charge in [-0.1, -0.05) is 12.2 Å². The van der Waals surface area contributed by atoms with Gasteiger partial charge in [0.2, 0.25) is 0 Å². The summed E-state index contributed by atoms with van der Waals surface area (Å²) < 4.78 is 15.8. The van der Waals surface area contributed by atoms with Crippen LogP contribution in [0, 0.1) is 0 Å². The Morgan fingerprint density at radius 1 is 1.10 bits per heavy atom. The molecule has 0 aromatic carbocycles. The van der Waals surface area contributed by atoms with Crippen molar-refractivity contribution in [2.75, 3.05) is 13.2 Å². The Bertz CT molecular complexity index is 324. The zero-order chi connectivity index (χ0) is 15.4. The Morgan fingerprint density at radius 2 is 1.80 bits per heavy atom. The quantitative estimate of drug-likeness (QED) is 0.331. The zero-order valence-electron chi connectivity index (χ0n) is 12.3. The number of rotatable bonds is 11. The molecule has 0 aliphatic rings. The lowest BCUT2D eigenvalue weighted by Gasteiger charge is -2.25. The molecular formula is C15H24O5. The minimum absolute atomic E-state index is 0.0508. The molecule has 0 unspecified atom stereocenters. The second-order valence-corrected chi connectivity index (χ2v) is 4.31. The van der Waals surface area contributed by atoms with Crippen LogP contribution in [0.4, 0.5) is 0 Å². The number of hydrogen-bond acceptors (Lipinski definition) is 5. The van der Waals surface area contributed by atoms with E-state index in [1.807, 2.05) is 0 Å². The number of unbranched alkanes of at least 4 members (excludes halogenated alkanes) is 1. The number of hydrogen-bond donors (Lipinski definition) is 0. The highest BCUT2D eigenvalue weighted by molar-refractivity contribution is 5.66. The topological polar surface area (TPSA) is 61.8 Å². The summed E-state index contributed by atoms with van der Waals surface area (Å²) in [7, 11) is 0. The van der Waals surface area contributed by atoms with Crippen molar-refractivity contribution in [3.63, 3.8) is 0 Å². The van der Waals surface area contributed by atoms with E-state index in [0.717, 1.165) is 12.8 Å². The fraction of sp³-hybridized carbons (Fsp3) is 0.600. The Labute approximate surface area is 120 Å². The first-order chi connectivity index (χ1) is 9.51. The molecule has 0 heterocycles. The average molecular weight is 284 g/mol. The van der Waals surface area contributed by atoms with Crippen molar-refractivity contribution < 1.29 is 23.8 Å². The largest absolute Gasteiger partial charge is 0.463 e. The highest BCUT2D eigenvalue weighted by Gasteiger charge is 2.25. The summed E-state index contributed by atoms with van der Waals surface area (Å²) in [5, 5.41) is 0. The SMILES string of the molecule is C=CCCCO[C@H](COC(C)=O)[C@@H](CC=C)OC(C)=O. The highest BCUT2D eigenvalue weighted by Crippen LogP contribution is 2.12. The number of esters is 2. The van der Waals surface area contributed by atoms with Gasteiger partial charge in [-0.2, -0.15) is 0 Å². The fourth-order valence-corrected chi connectivity index (χ4v) is 1.58. The summed E-state index contributed by atoms with van der Waals surface area (Å²) in [6, 6.07) is 0. The van der Waals surface area contributed by atoms with Crippen LogP contribution in [-0.2, 0) is 23.8 Å². The highest BCUT2D eigenvalue weighted by atomic mass is 16.6. The van der Waals surface area contributed by atoms with Gasteiger partial charge < -0.3 is 14.2 Å². The molecule has 0 rings (SSSR count). The van der Waals surface area contributed by atoms with Crippen LogP contribution in [0.2, 0.25) is 0 Å². The summed E-state index contributed by atoms with van der Waals surface area (Å²) in [5.74, 6) is -0.802. The van der Waals surface area contributed by atoms with E-state index in [1.165, 1.54) is 13.8 Å². The maximum Gasteiger partial charge on any atom is 0.303 e. The first kappa shape index (κ1) is 18.4. The molecule has 0 aromatic rings. The van der Waals surface area contributed by atoms with Crippen LogP contribution in [0.25, 0.3) is 0 Å². The molecular weight excluding hydrogens is 260 g/mol. The third-order valence-electron chi connectivity index (χ3n) is 2.47. The van der Waals surface area contributed by atoms with E-state index in [-0.39, 0.29) is 6.61 Å². The predicted molar refractivity (Wildman–Crippen MR) is 76.2 cm³/mol. The molecule has 0 N–H and O–H groups in total. The number of allylic oxidation sites excluding steroid dienone is 1. The molecule has 0 amide bonds. The molecule has 0 saturated heterocycles. The van der Waals surface area contributed by atoms with Crippen molar-refractivity contribution in [1.82, 2.24) is 0 Å². The predicted octanol–water partition coefficient (Wildman–Crippen LogP) is 2.41. The van der Waals surface area contributed by atoms with E-state index < -0.39 is 24.1 Å². The van der Waals surface area contributed by atoms with Crippen molar-refractivity contribution in [3.8, 4) is 0 Å². The normalized spacial score (nSPS) is 13.1. The smallest absolute Gasteiger partial charge is 0.303 e. The van der Waals surface area contributed by atoms with E-state index in [0.29, 0.717) is 13.0 Å². The second kappa shape index (κ2) is 11.2. The van der Waals surface area contributed by atoms with Gasteiger partial charge in [0.05, 0.1) is 0 Å². The molecule has 0 fully saturated rings. The fourth-order valence-electron chi connectivity index (χ4n) is 1.58. The monoisotopic (exact) mass is 284 g/mol. The van der Waals surface area contributed by atoms with Crippen LogP contribution < -0.4 is 0 Å². The molecule has 0 aliphatic carbocycles. The minimum Gasteiger partial charge on any atom is -0.463 e. The van der Waals surface area contributed by atoms with Crippen molar-refractivity contribution in [3.05, 3.63) is 25.3 Å². The standard InChI is InChI=1S/C15H24O5/c1-5-7-8-10-18-15(11-19-12(3)16)14(9-6-2)20-13(4)17/h5-6,14-15H,1-2,7-11H2,3-4H3/t14-,15-/m1/s1. The molecule has 5 heteroatoms. The van der Waals surface area contributed by atoms with Gasteiger partial charge in [0, 0.05) is 26.9 Å². The second-order valence-electron chi connectivity index (χ2n) is 4.31. The molecule has 0 spiro atoms. The van der Waals surface area contributed by atoms with Crippen LogP contribution in [0.5, 0.6) is 0 Å². The maximum absolute atomic E-state index is 11.1. The Hall–Kier alpha value is -1.62. The lowest BCUT2D eigenvalue weighted by atomic mass is 10.1. The van der Waals surface area contributed by atoms with Crippen LogP contribution in [0.3, 0.4) is 0 Å². The van der Waals surface area contributed by atoms with E-state index in [9.17, 15) is 9.59 Å². The Morgan fingerprint density at radius 3 is 2.30 bits per heavy atom. The Balaban J connectivity index is 4.55. The molecule has 20 heavy (non-hydrogen) atoms. The molecule has 0 aliphatic heterocycles. The summed E-state index contributed by atoms with van der Waals surface area (Å²) in [5.41, 5.74) is 0. The van der Waals surface area contributed by atoms with Gasteiger partial charge in [0.1, 0.15) is 18.8 Å². The minimum atomic E-state index is -0.506. The third-order valence-corrected chi connectivity index (χ3v) is 2.47. The molecule has 2 atom stereocenters. The van der Waals surface area contributed by atoms with Gasteiger partial charge in [-0.25, -0.2) is 0 Å². The van der Waals surface area contributed by atoms with Gasteiger partial charge in [-0.05, 0) is 12.8 Å². The van der Waals surface area contributed by atoms with Gasteiger partial charge in [0.15, 0.2) is 0 Å². The van der Waals surface area contributed by atoms with Gasteiger partial charge in [-0.15, -0.1) is 13.2 Å². The molecule has 114 valence electrons. The molecule has 5 nitrogen and oxygen atoms in total. The first-order valence-corrected chi connectivity index (χ1v) is 6.65. The van der Waals surface area contributed by atoms with Crippen LogP contribution >= 0.6 is 0 Å².